The van der Waals surface area contributed by atoms with E-state index in [4.69, 9.17) is 0 Å². The molecular weight excluding hydrogens is 376 g/mol. The summed E-state index contributed by atoms with van der Waals surface area (Å²) in [4.78, 5) is 15.6. The van der Waals surface area contributed by atoms with E-state index in [1.54, 1.807) is 0 Å². The van der Waals surface area contributed by atoms with Crippen LogP contribution in [0, 0.1) is 0 Å². The second-order valence-corrected chi connectivity index (χ2v) is 9.10. The Morgan fingerprint density at radius 3 is 2.36 bits per heavy atom. The SMILES string of the molecule is O=C(NC1CCN(C2CCCCCC2)C1)C1(c2ccc(Br)cc2)CC1. The van der Waals surface area contributed by atoms with Crippen molar-refractivity contribution in [1.82, 2.24) is 10.2 Å². The standard InChI is InChI=1S/C21H29BrN2O/c22-17-9-7-16(8-10-17)21(12-13-21)20(25)23-18-11-14-24(15-18)19-5-3-1-2-4-6-19/h7-10,18-19H,1-6,11-15H2,(H,23,25). The summed E-state index contributed by atoms with van der Waals surface area (Å²) in [5.41, 5.74) is 0.919. The number of halogens is 1. The first kappa shape index (κ1) is 17.5. The van der Waals surface area contributed by atoms with E-state index in [1.807, 2.05) is 12.1 Å². The van der Waals surface area contributed by atoms with Gasteiger partial charge in [-0.15, -0.1) is 0 Å². The molecule has 4 rings (SSSR count). The maximum atomic E-state index is 13.0. The lowest BCUT2D eigenvalue weighted by atomic mass is 9.94. The van der Waals surface area contributed by atoms with Crippen LogP contribution in [-0.2, 0) is 10.2 Å². The van der Waals surface area contributed by atoms with Crippen LogP contribution in [0.3, 0.4) is 0 Å². The number of likely N-dealkylation sites (tertiary alicyclic amines) is 1. The van der Waals surface area contributed by atoms with Gasteiger partial charge in [0, 0.05) is 29.6 Å². The third kappa shape index (κ3) is 3.80. The van der Waals surface area contributed by atoms with Gasteiger partial charge >= 0.3 is 0 Å². The number of benzene rings is 1. The molecule has 1 aromatic carbocycles. The Labute approximate surface area is 159 Å². The highest BCUT2D eigenvalue weighted by Crippen LogP contribution is 2.48. The molecule has 0 radical (unpaired) electrons. The average molecular weight is 405 g/mol. The number of hydrogen-bond acceptors (Lipinski definition) is 2. The Bertz CT molecular complexity index is 603. The van der Waals surface area contributed by atoms with Crippen molar-refractivity contribution in [1.29, 1.82) is 0 Å². The predicted molar refractivity (Wildman–Crippen MR) is 105 cm³/mol. The van der Waals surface area contributed by atoms with Crippen molar-refractivity contribution in [3.8, 4) is 0 Å². The molecule has 1 aromatic rings. The monoisotopic (exact) mass is 404 g/mol. The van der Waals surface area contributed by atoms with Crippen LogP contribution >= 0.6 is 15.9 Å². The lowest BCUT2D eigenvalue weighted by Gasteiger charge is -2.27. The lowest BCUT2D eigenvalue weighted by Crippen LogP contribution is -2.44. The van der Waals surface area contributed by atoms with E-state index >= 15 is 0 Å². The first-order valence-corrected chi connectivity index (χ1v) is 10.8. The molecule has 0 aromatic heterocycles. The van der Waals surface area contributed by atoms with Crippen LogP contribution in [0.1, 0.15) is 63.4 Å². The largest absolute Gasteiger partial charge is 0.351 e. The molecule has 1 saturated heterocycles. The number of carbonyl (C=O) groups is 1. The Kier molecular flexibility index (Phi) is 5.19. The van der Waals surface area contributed by atoms with Crippen LogP contribution in [0.25, 0.3) is 0 Å². The number of amides is 1. The Hall–Kier alpha value is -0.870. The van der Waals surface area contributed by atoms with Crippen molar-refractivity contribution < 1.29 is 4.79 Å². The molecule has 0 bridgehead atoms. The van der Waals surface area contributed by atoms with Gasteiger partial charge in [-0.2, -0.15) is 0 Å². The summed E-state index contributed by atoms with van der Waals surface area (Å²) in [5.74, 6) is 0.252. The highest BCUT2D eigenvalue weighted by atomic mass is 79.9. The Morgan fingerprint density at radius 1 is 1.04 bits per heavy atom. The zero-order valence-corrected chi connectivity index (χ0v) is 16.6. The van der Waals surface area contributed by atoms with Crippen molar-refractivity contribution in [3.63, 3.8) is 0 Å². The molecule has 2 saturated carbocycles. The summed E-state index contributed by atoms with van der Waals surface area (Å²) < 4.78 is 1.07. The van der Waals surface area contributed by atoms with E-state index in [2.05, 4.69) is 38.3 Å². The van der Waals surface area contributed by atoms with Gasteiger partial charge in [0.15, 0.2) is 0 Å². The van der Waals surface area contributed by atoms with E-state index in [0.29, 0.717) is 6.04 Å². The van der Waals surface area contributed by atoms with Crippen LogP contribution in [-0.4, -0.2) is 36.0 Å². The second-order valence-electron chi connectivity index (χ2n) is 8.19. The maximum Gasteiger partial charge on any atom is 0.230 e. The zero-order chi connectivity index (χ0) is 17.3. The summed E-state index contributed by atoms with van der Waals surface area (Å²) >= 11 is 3.48. The molecule has 136 valence electrons. The van der Waals surface area contributed by atoms with Crippen molar-refractivity contribution in [2.24, 2.45) is 0 Å². The maximum absolute atomic E-state index is 13.0. The molecule has 3 fully saturated rings. The second kappa shape index (κ2) is 7.40. The topological polar surface area (TPSA) is 32.3 Å². The molecule has 4 heteroatoms. The van der Waals surface area contributed by atoms with E-state index in [-0.39, 0.29) is 11.3 Å². The van der Waals surface area contributed by atoms with Gasteiger partial charge in [0.05, 0.1) is 5.41 Å². The highest BCUT2D eigenvalue weighted by molar-refractivity contribution is 9.10. The van der Waals surface area contributed by atoms with Gasteiger partial charge < -0.3 is 5.32 Å². The molecule has 0 spiro atoms. The summed E-state index contributed by atoms with van der Waals surface area (Å²) in [5, 5.41) is 3.39. The average Bonchev–Trinajstić information content (AvgIpc) is 3.36. The third-order valence-corrected chi connectivity index (χ3v) is 7.01. The number of carbonyl (C=O) groups excluding carboxylic acids is 1. The van der Waals surface area contributed by atoms with Gasteiger partial charge in [-0.1, -0.05) is 53.7 Å². The van der Waals surface area contributed by atoms with Crippen molar-refractivity contribution >= 4 is 21.8 Å². The summed E-state index contributed by atoms with van der Waals surface area (Å²) in [7, 11) is 0. The molecule has 1 amide bonds. The van der Waals surface area contributed by atoms with Crippen LogP contribution in [0.4, 0.5) is 0 Å². The van der Waals surface area contributed by atoms with E-state index in [9.17, 15) is 4.79 Å². The van der Waals surface area contributed by atoms with Gasteiger partial charge in [0.25, 0.3) is 0 Å². The van der Waals surface area contributed by atoms with Gasteiger partial charge in [-0.05, 0) is 49.8 Å². The minimum absolute atomic E-state index is 0.252. The van der Waals surface area contributed by atoms with Gasteiger partial charge in [0.2, 0.25) is 5.91 Å². The van der Waals surface area contributed by atoms with Crippen molar-refractivity contribution in [3.05, 3.63) is 34.3 Å². The molecule has 1 N–H and O–H groups in total. The highest BCUT2D eigenvalue weighted by Gasteiger charge is 2.51. The van der Waals surface area contributed by atoms with Crippen molar-refractivity contribution in [2.75, 3.05) is 13.1 Å². The number of nitrogens with zero attached hydrogens (tertiary/aromatic N) is 1. The lowest BCUT2D eigenvalue weighted by molar-refractivity contribution is -0.124. The van der Waals surface area contributed by atoms with Crippen LogP contribution in [0.5, 0.6) is 0 Å². The zero-order valence-electron chi connectivity index (χ0n) is 15.0. The molecule has 1 aliphatic heterocycles. The normalized spacial score (nSPS) is 27.0. The molecule has 25 heavy (non-hydrogen) atoms. The molecule has 1 heterocycles. The first-order chi connectivity index (χ1) is 12.2. The van der Waals surface area contributed by atoms with Crippen molar-refractivity contribution in [2.45, 2.75) is 75.3 Å². The molecule has 2 aliphatic carbocycles. The number of rotatable bonds is 4. The summed E-state index contributed by atoms with van der Waals surface area (Å²) in [6.07, 6.45) is 11.3. The van der Waals surface area contributed by atoms with Gasteiger partial charge in [-0.25, -0.2) is 0 Å². The number of nitrogens with one attached hydrogen (secondary N) is 1. The van der Waals surface area contributed by atoms with Crippen LogP contribution in [0.15, 0.2) is 28.7 Å². The summed E-state index contributed by atoms with van der Waals surface area (Å²) in [6, 6.07) is 9.39. The molecular formula is C21H29BrN2O. The Morgan fingerprint density at radius 2 is 1.72 bits per heavy atom. The quantitative estimate of drug-likeness (QED) is 0.754. The van der Waals surface area contributed by atoms with E-state index < -0.39 is 0 Å². The fourth-order valence-electron chi connectivity index (χ4n) is 4.72. The van der Waals surface area contributed by atoms with Gasteiger partial charge in [0.1, 0.15) is 0 Å². The minimum atomic E-state index is -0.254. The molecule has 1 atom stereocenters. The molecule has 3 aliphatic rings. The number of hydrogen-bond donors (Lipinski definition) is 1. The van der Waals surface area contributed by atoms with Crippen LogP contribution < -0.4 is 5.32 Å². The third-order valence-electron chi connectivity index (χ3n) is 6.48. The first-order valence-electron chi connectivity index (χ1n) is 9.98. The fourth-order valence-corrected chi connectivity index (χ4v) is 4.99. The predicted octanol–water partition coefficient (Wildman–Crippen LogP) is 4.39. The smallest absolute Gasteiger partial charge is 0.230 e. The molecule has 1 unspecified atom stereocenters. The fraction of sp³-hybridized carbons (Fsp3) is 0.667. The molecule has 3 nitrogen and oxygen atoms in total. The Balaban J connectivity index is 1.35. The van der Waals surface area contributed by atoms with E-state index in [0.717, 1.165) is 42.9 Å². The van der Waals surface area contributed by atoms with Gasteiger partial charge in [-0.3, -0.25) is 9.69 Å². The summed E-state index contributed by atoms with van der Waals surface area (Å²) in [6.45, 7) is 2.20. The van der Waals surface area contributed by atoms with E-state index in [1.165, 1.54) is 44.1 Å². The minimum Gasteiger partial charge on any atom is -0.351 e. The van der Waals surface area contributed by atoms with Crippen LogP contribution in [0.2, 0.25) is 0 Å².